The van der Waals surface area contributed by atoms with E-state index in [0.717, 1.165) is 6.07 Å². The second-order valence-corrected chi connectivity index (χ2v) is 8.34. The Morgan fingerprint density at radius 1 is 1.23 bits per heavy atom. The van der Waals surface area contributed by atoms with Gasteiger partial charge in [0.15, 0.2) is 0 Å². The Morgan fingerprint density at radius 2 is 1.94 bits per heavy atom. The molecule has 31 heavy (non-hydrogen) atoms. The van der Waals surface area contributed by atoms with E-state index in [4.69, 9.17) is 14.3 Å². The molecule has 0 aliphatic carbocycles. The monoisotopic (exact) mass is 449 g/mol. The molecular formula is C20H20FN3O6S. The minimum absolute atomic E-state index is 0.0640. The minimum atomic E-state index is -4.03. The summed E-state index contributed by atoms with van der Waals surface area (Å²) < 4.78 is 49.3. The summed E-state index contributed by atoms with van der Waals surface area (Å²) >= 11 is 0. The molecule has 0 aliphatic rings. The Labute approximate surface area is 177 Å². The van der Waals surface area contributed by atoms with Gasteiger partial charge in [0.2, 0.25) is 0 Å². The number of nitrogens with one attached hydrogen (secondary N) is 1. The van der Waals surface area contributed by atoms with Crippen molar-refractivity contribution < 1.29 is 26.8 Å². The Balaban J connectivity index is 1.99. The van der Waals surface area contributed by atoms with E-state index < -0.39 is 27.7 Å². The number of carbonyl (C=O) groups is 1. The quantitative estimate of drug-likeness (QED) is 0.575. The first-order chi connectivity index (χ1) is 14.4. The first-order valence-electron chi connectivity index (χ1n) is 8.99. The molecule has 0 saturated carbocycles. The van der Waals surface area contributed by atoms with Gasteiger partial charge in [-0.25, -0.2) is 19.1 Å². The maximum absolute atomic E-state index is 14.3. The number of anilines is 1. The summed E-state index contributed by atoms with van der Waals surface area (Å²) in [4.78, 5) is 25.6. The van der Waals surface area contributed by atoms with Gasteiger partial charge in [-0.05, 0) is 48.4 Å². The molecule has 9 nitrogen and oxygen atoms in total. The Morgan fingerprint density at radius 3 is 2.58 bits per heavy atom. The molecule has 0 fully saturated rings. The second-order valence-electron chi connectivity index (χ2n) is 7.04. The second kappa shape index (κ2) is 8.36. The van der Waals surface area contributed by atoms with E-state index in [1.807, 2.05) is 0 Å². The number of aryl methyl sites for hydroxylation is 1. The number of rotatable bonds is 5. The van der Waals surface area contributed by atoms with Gasteiger partial charge in [0.05, 0.1) is 5.69 Å². The maximum Gasteiger partial charge on any atom is 0.414 e. The van der Waals surface area contributed by atoms with E-state index in [9.17, 15) is 22.4 Å². The predicted molar refractivity (Wildman–Crippen MR) is 113 cm³/mol. The number of ether oxygens (including phenoxy) is 1. The van der Waals surface area contributed by atoms with Gasteiger partial charge in [0.25, 0.3) is 10.2 Å². The van der Waals surface area contributed by atoms with Crippen LogP contribution in [0.4, 0.5) is 14.9 Å². The van der Waals surface area contributed by atoms with E-state index in [0.29, 0.717) is 10.9 Å². The number of amides is 1. The number of nitrogens with zero attached hydrogens (tertiary/aromatic N) is 1. The summed E-state index contributed by atoms with van der Waals surface area (Å²) in [5, 5.41) is 5.53. The first-order valence-corrected chi connectivity index (χ1v) is 10.5. The number of hydrogen-bond acceptors (Lipinski definition) is 6. The van der Waals surface area contributed by atoms with Gasteiger partial charge in [0.1, 0.15) is 17.1 Å². The highest BCUT2D eigenvalue weighted by atomic mass is 32.2. The molecule has 1 amide bonds. The van der Waals surface area contributed by atoms with Crippen LogP contribution < -0.4 is 20.2 Å². The van der Waals surface area contributed by atoms with E-state index >= 15 is 0 Å². The van der Waals surface area contributed by atoms with Crippen LogP contribution in [0.2, 0.25) is 0 Å². The van der Waals surface area contributed by atoms with Crippen molar-refractivity contribution >= 4 is 33.0 Å². The third-order valence-electron chi connectivity index (χ3n) is 4.50. The Kier molecular flexibility index (Phi) is 6.00. The van der Waals surface area contributed by atoms with Gasteiger partial charge in [-0.2, -0.15) is 8.42 Å². The van der Waals surface area contributed by atoms with Crippen LogP contribution in [0.3, 0.4) is 0 Å². The van der Waals surface area contributed by atoms with E-state index in [-0.39, 0.29) is 34.6 Å². The lowest BCUT2D eigenvalue weighted by Crippen LogP contribution is -2.25. The molecule has 1 heterocycles. The smallest absolute Gasteiger partial charge is 0.414 e. The van der Waals surface area contributed by atoms with Crippen molar-refractivity contribution in [2.45, 2.75) is 13.3 Å². The fourth-order valence-electron chi connectivity index (χ4n) is 2.96. The van der Waals surface area contributed by atoms with Crippen molar-refractivity contribution in [3.63, 3.8) is 0 Å². The molecular weight excluding hydrogens is 429 g/mol. The molecule has 0 atom stereocenters. The lowest BCUT2D eigenvalue weighted by atomic mass is 9.99. The topological polar surface area (TPSA) is 132 Å². The van der Waals surface area contributed by atoms with Crippen molar-refractivity contribution in [1.29, 1.82) is 0 Å². The molecule has 0 unspecified atom stereocenters. The molecule has 0 saturated heterocycles. The Bertz CT molecular complexity index is 1330. The molecule has 0 bridgehead atoms. The van der Waals surface area contributed by atoms with Crippen LogP contribution in [0.1, 0.15) is 16.7 Å². The fraction of sp³-hybridized carbons (Fsp3) is 0.200. The third-order valence-corrected chi connectivity index (χ3v) is 5.02. The number of fused-ring (bicyclic) bond motifs is 1. The summed E-state index contributed by atoms with van der Waals surface area (Å²) in [6.45, 7) is 1.68. The van der Waals surface area contributed by atoms with Gasteiger partial charge in [-0.15, -0.1) is 0 Å². The van der Waals surface area contributed by atoms with Crippen molar-refractivity contribution in [3.8, 4) is 5.75 Å². The van der Waals surface area contributed by atoms with Crippen molar-refractivity contribution in [2.24, 2.45) is 5.14 Å². The molecule has 3 N–H and O–H groups in total. The number of benzene rings is 2. The normalized spacial score (nSPS) is 11.4. The zero-order valence-corrected chi connectivity index (χ0v) is 17.7. The predicted octanol–water partition coefficient (Wildman–Crippen LogP) is 2.51. The van der Waals surface area contributed by atoms with E-state index in [1.165, 1.54) is 37.2 Å². The highest BCUT2D eigenvalue weighted by molar-refractivity contribution is 7.90. The van der Waals surface area contributed by atoms with E-state index in [1.54, 1.807) is 19.1 Å². The maximum atomic E-state index is 14.3. The molecule has 3 rings (SSSR count). The van der Waals surface area contributed by atoms with Crippen LogP contribution >= 0.6 is 0 Å². The number of hydrogen-bond donors (Lipinski definition) is 2. The van der Waals surface area contributed by atoms with Crippen molar-refractivity contribution in [3.05, 3.63) is 69.3 Å². The highest BCUT2D eigenvalue weighted by Gasteiger charge is 2.16. The van der Waals surface area contributed by atoms with Gasteiger partial charge in [0, 0.05) is 37.5 Å². The average Bonchev–Trinajstić information content (AvgIpc) is 2.66. The van der Waals surface area contributed by atoms with Crippen LogP contribution in [0, 0.1) is 12.7 Å². The van der Waals surface area contributed by atoms with Gasteiger partial charge >= 0.3 is 11.7 Å². The molecule has 0 spiro atoms. The molecule has 0 radical (unpaired) electrons. The molecule has 0 aliphatic heterocycles. The van der Waals surface area contributed by atoms with Crippen LogP contribution in [0.15, 0.2) is 45.6 Å². The first kappa shape index (κ1) is 22.2. The summed E-state index contributed by atoms with van der Waals surface area (Å²) in [5.74, 6) is -0.417. The molecule has 2 aromatic carbocycles. The summed E-state index contributed by atoms with van der Waals surface area (Å²) in [6, 6.07) is 8.16. The van der Waals surface area contributed by atoms with Gasteiger partial charge in [-0.1, -0.05) is 0 Å². The Hall–Kier alpha value is -3.44. The van der Waals surface area contributed by atoms with Crippen LogP contribution in [0.5, 0.6) is 5.75 Å². The SMILES string of the molecule is Cc1c(Cc2cc(NS(N)(=O)=O)ccc2F)c(=O)oc2cc(OC(=O)N(C)C)ccc12. The zero-order chi connectivity index (χ0) is 22.9. The van der Waals surface area contributed by atoms with E-state index in [2.05, 4.69) is 4.72 Å². The van der Waals surface area contributed by atoms with Crippen LogP contribution in [0.25, 0.3) is 11.0 Å². The summed E-state index contributed by atoms with van der Waals surface area (Å²) in [7, 11) is -0.966. The number of nitrogens with two attached hydrogens (primary N) is 1. The molecule has 3 aromatic rings. The number of halogens is 1. The molecule has 1 aromatic heterocycles. The lowest BCUT2D eigenvalue weighted by molar-refractivity contribution is 0.172. The highest BCUT2D eigenvalue weighted by Crippen LogP contribution is 2.26. The lowest BCUT2D eigenvalue weighted by Gasteiger charge is -2.12. The van der Waals surface area contributed by atoms with Crippen molar-refractivity contribution in [1.82, 2.24) is 4.90 Å². The summed E-state index contributed by atoms with van der Waals surface area (Å²) in [6.07, 6.45) is -0.716. The van der Waals surface area contributed by atoms with Crippen molar-refractivity contribution in [2.75, 3.05) is 18.8 Å². The molecule has 11 heteroatoms. The molecule has 164 valence electrons. The number of carbonyl (C=O) groups excluding carboxylic acids is 1. The largest absolute Gasteiger partial charge is 0.422 e. The minimum Gasteiger partial charge on any atom is -0.422 e. The average molecular weight is 449 g/mol. The summed E-state index contributed by atoms with van der Waals surface area (Å²) in [5.41, 5.74) is 0.429. The zero-order valence-electron chi connectivity index (χ0n) is 16.9. The fourth-order valence-corrected chi connectivity index (χ4v) is 3.42. The van der Waals surface area contributed by atoms with Gasteiger partial charge in [-0.3, -0.25) is 4.72 Å². The van der Waals surface area contributed by atoms with Crippen LogP contribution in [-0.4, -0.2) is 33.5 Å². The van der Waals surface area contributed by atoms with Crippen LogP contribution in [-0.2, 0) is 16.6 Å². The standard InChI is InChI=1S/C20H20FN3O6S/c1-11-15-6-5-14(29-20(26)24(2)3)10-18(15)30-19(25)16(11)9-12-8-13(4-7-17(12)21)23-31(22,27)28/h4-8,10,23H,9H2,1-3H3,(H2,22,27,28). The third kappa shape index (κ3) is 5.19. The van der Waals surface area contributed by atoms with Gasteiger partial charge < -0.3 is 14.1 Å².